The zero-order chi connectivity index (χ0) is 23.3. The summed E-state index contributed by atoms with van der Waals surface area (Å²) in [7, 11) is 0. The second kappa shape index (κ2) is 43.6. The Kier molecular flexibility index (Phi) is 63.7. The summed E-state index contributed by atoms with van der Waals surface area (Å²) in [6, 6.07) is 0. The molecule has 0 aromatic rings. The normalized spacial score (nSPS) is 6.81. The zero-order valence-corrected chi connectivity index (χ0v) is 17.9. The van der Waals surface area contributed by atoms with Crippen molar-refractivity contribution in [1.29, 1.82) is 0 Å². The van der Waals surface area contributed by atoms with E-state index < -0.39 is 11.9 Å². The van der Waals surface area contributed by atoms with E-state index >= 15 is 0 Å². The number of esters is 2. The standard InChI is InChI=1S/C10H14O4.C4H10O.4C2H4/c1-7(2)9(11)13-5-6-14-10(12)8(3)4;1-3-5-4-2;4*1-2/h1,3,5-6H2,2,4H3;3-4H2,1-2H3;4*1-2H2. The summed E-state index contributed by atoms with van der Waals surface area (Å²) in [4.78, 5) is 21.7. The minimum Gasteiger partial charge on any atom is -0.459 e. The van der Waals surface area contributed by atoms with Gasteiger partial charge in [0.2, 0.25) is 0 Å². The lowest BCUT2D eigenvalue weighted by Crippen LogP contribution is -2.14. The summed E-state index contributed by atoms with van der Waals surface area (Å²) in [5.41, 5.74) is 0.632. The molecular weight excluding hydrogens is 344 g/mol. The first-order valence-electron chi connectivity index (χ1n) is 8.09. The Labute approximate surface area is 167 Å². The maximum absolute atomic E-state index is 10.8. The number of hydrogen-bond acceptors (Lipinski definition) is 5. The van der Waals surface area contributed by atoms with Crippen LogP contribution < -0.4 is 0 Å². The molecular formula is C22H40O5. The second-order valence-electron chi connectivity index (χ2n) is 3.61. The fourth-order valence-corrected chi connectivity index (χ4v) is 0.719. The molecule has 0 amide bonds. The van der Waals surface area contributed by atoms with Crippen molar-refractivity contribution in [2.75, 3.05) is 26.4 Å². The Morgan fingerprint density at radius 2 is 0.852 bits per heavy atom. The van der Waals surface area contributed by atoms with Crippen LogP contribution >= 0.6 is 0 Å². The molecule has 0 aliphatic heterocycles. The van der Waals surface area contributed by atoms with Gasteiger partial charge in [0.1, 0.15) is 13.2 Å². The second-order valence-corrected chi connectivity index (χ2v) is 3.61. The zero-order valence-electron chi connectivity index (χ0n) is 17.9. The Bertz CT molecular complexity index is 324. The van der Waals surface area contributed by atoms with Crippen molar-refractivity contribution >= 4 is 11.9 Å². The molecule has 5 nitrogen and oxygen atoms in total. The van der Waals surface area contributed by atoms with Crippen molar-refractivity contribution in [3.63, 3.8) is 0 Å². The van der Waals surface area contributed by atoms with Gasteiger partial charge >= 0.3 is 11.9 Å². The van der Waals surface area contributed by atoms with Crippen LogP contribution in [0.15, 0.2) is 76.9 Å². The predicted octanol–water partition coefficient (Wildman–Crippen LogP) is 5.48. The summed E-state index contributed by atoms with van der Waals surface area (Å²) < 4.78 is 14.2. The summed E-state index contributed by atoms with van der Waals surface area (Å²) in [5.74, 6) is -0.979. The molecule has 0 saturated heterocycles. The van der Waals surface area contributed by atoms with Gasteiger partial charge in [0.25, 0.3) is 0 Å². The molecule has 0 N–H and O–H groups in total. The molecule has 0 spiro atoms. The van der Waals surface area contributed by atoms with E-state index in [-0.39, 0.29) is 13.2 Å². The van der Waals surface area contributed by atoms with Crippen LogP contribution in [-0.4, -0.2) is 38.4 Å². The van der Waals surface area contributed by atoms with Crippen LogP contribution in [0, 0.1) is 0 Å². The number of hydrogen-bond donors (Lipinski definition) is 0. The molecule has 5 heteroatoms. The fourth-order valence-electron chi connectivity index (χ4n) is 0.719. The van der Waals surface area contributed by atoms with Gasteiger partial charge in [-0.3, -0.25) is 0 Å². The van der Waals surface area contributed by atoms with Gasteiger partial charge in [-0.15, -0.1) is 52.6 Å². The Hall–Kier alpha value is -2.66. The molecule has 0 rings (SSSR count). The third-order valence-electron chi connectivity index (χ3n) is 1.65. The van der Waals surface area contributed by atoms with Gasteiger partial charge in [-0.2, -0.15) is 0 Å². The molecule has 0 radical (unpaired) electrons. The van der Waals surface area contributed by atoms with Crippen molar-refractivity contribution in [2.45, 2.75) is 27.7 Å². The lowest BCUT2D eigenvalue weighted by Gasteiger charge is -2.05. The van der Waals surface area contributed by atoms with Gasteiger partial charge in [0, 0.05) is 24.4 Å². The van der Waals surface area contributed by atoms with Crippen molar-refractivity contribution in [3.8, 4) is 0 Å². The lowest BCUT2D eigenvalue weighted by atomic mass is 10.4. The SMILES string of the molecule is C=C.C=C.C=C.C=C.C=C(C)C(=O)OCCOC(=O)C(=C)C.CCOCC. The van der Waals surface area contributed by atoms with Gasteiger partial charge in [0.05, 0.1) is 0 Å². The van der Waals surface area contributed by atoms with E-state index in [1.165, 1.54) is 0 Å². The van der Waals surface area contributed by atoms with E-state index in [1.54, 1.807) is 13.8 Å². The average molecular weight is 385 g/mol. The maximum Gasteiger partial charge on any atom is 0.333 e. The molecule has 0 aliphatic carbocycles. The third-order valence-corrected chi connectivity index (χ3v) is 1.65. The largest absolute Gasteiger partial charge is 0.459 e. The maximum atomic E-state index is 10.8. The van der Waals surface area contributed by atoms with E-state index in [2.05, 4.69) is 75.3 Å². The average Bonchev–Trinajstić information content (AvgIpc) is 2.72. The van der Waals surface area contributed by atoms with Gasteiger partial charge in [-0.05, 0) is 27.7 Å². The number of ether oxygens (including phenoxy) is 3. The van der Waals surface area contributed by atoms with E-state index in [9.17, 15) is 9.59 Å². The molecule has 0 aromatic heterocycles. The Morgan fingerprint density at radius 3 is 0.963 bits per heavy atom. The molecule has 0 bridgehead atoms. The van der Waals surface area contributed by atoms with Crippen LogP contribution in [0.2, 0.25) is 0 Å². The van der Waals surface area contributed by atoms with Crippen LogP contribution in [0.1, 0.15) is 27.7 Å². The van der Waals surface area contributed by atoms with E-state index in [1.807, 2.05) is 13.8 Å². The molecule has 158 valence electrons. The summed E-state index contributed by atoms with van der Waals surface area (Å²) in [5, 5.41) is 0. The van der Waals surface area contributed by atoms with Gasteiger partial charge in [-0.1, -0.05) is 13.2 Å². The minimum atomic E-state index is -0.489. The van der Waals surface area contributed by atoms with Gasteiger partial charge < -0.3 is 14.2 Å². The smallest absolute Gasteiger partial charge is 0.333 e. The summed E-state index contributed by atoms with van der Waals surface area (Å²) >= 11 is 0. The van der Waals surface area contributed by atoms with Crippen LogP contribution in [0.3, 0.4) is 0 Å². The van der Waals surface area contributed by atoms with Gasteiger partial charge in [0.15, 0.2) is 0 Å². The van der Waals surface area contributed by atoms with Crippen LogP contribution in [0.25, 0.3) is 0 Å². The molecule has 0 fully saturated rings. The highest BCUT2D eigenvalue weighted by Gasteiger charge is 2.05. The molecule has 0 aliphatic rings. The molecule has 0 aromatic carbocycles. The first-order chi connectivity index (χ1) is 12.9. The van der Waals surface area contributed by atoms with Crippen molar-refractivity contribution < 1.29 is 23.8 Å². The third kappa shape index (κ3) is 51.7. The quantitative estimate of drug-likeness (QED) is 0.252. The summed E-state index contributed by atoms with van der Waals surface area (Å²) in [6.07, 6.45) is 0. The van der Waals surface area contributed by atoms with Crippen molar-refractivity contribution in [1.82, 2.24) is 0 Å². The minimum absolute atomic E-state index is 0.0325. The van der Waals surface area contributed by atoms with Crippen molar-refractivity contribution in [3.05, 3.63) is 76.9 Å². The van der Waals surface area contributed by atoms with E-state index in [0.717, 1.165) is 13.2 Å². The van der Waals surface area contributed by atoms with Crippen LogP contribution in [0.4, 0.5) is 0 Å². The number of carbonyl (C=O) groups excluding carboxylic acids is 2. The van der Waals surface area contributed by atoms with Crippen LogP contribution in [-0.2, 0) is 23.8 Å². The highest BCUT2D eigenvalue weighted by atomic mass is 16.6. The Morgan fingerprint density at radius 1 is 0.630 bits per heavy atom. The molecule has 0 saturated carbocycles. The predicted molar refractivity (Wildman–Crippen MR) is 119 cm³/mol. The fraction of sp³-hybridized carbons (Fsp3) is 0.364. The van der Waals surface area contributed by atoms with Gasteiger partial charge in [-0.25, -0.2) is 9.59 Å². The van der Waals surface area contributed by atoms with E-state index in [4.69, 9.17) is 4.74 Å². The molecule has 0 atom stereocenters. The number of rotatable bonds is 7. The first kappa shape index (κ1) is 39.4. The number of carbonyl (C=O) groups is 2. The van der Waals surface area contributed by atoms with Crippen molar-refractivity contribution in [2.24, 2.45) is 0 Å². The highest BCUT2D eigenvalue weighted by molar-refractivity contribution is 5.87. The molecule has 0 heterocycles. The lowest BCUT2D eigenvalue weighted by molar-refractivity contribution is -0.147. The van der Waals surface area contributed by atoms with E-state index in [0.29, 0.717) is 11.1 Å². The molecule has 0 unspecified atom stereocenters. The van der Waals surface area contributed by atoms with Crippen LogP contribution in [0.5, 0.6) is 0 Å². The monoisotopic (exact) mass is 384 g/mol. The molecule has 27 heavy (non-hydrogen) atoms. The Balaban J connectivity index is -0.0000000704. The highest BCUT2D eigenvalue weighted by Crippen LogP contribution is 1.94. The first-order valence-corrected chi connectivity index (χ1v) is 8.09. The topological polar surface area (TPSA) is 61.8 Å². The summed E-state index contributed by atoms with van der Waals surface area (Å²) in [6.45, 7) is 39.6.